The topological polar surface area (TPSA) is 78.9 Å². The first-order valence-electron chi connectivity index (χ1n) is 5.32. The van der Waals surface area contributed by atoms with Crippen LogP contribution in [0.2, 0.25) is 0 Å². The van der Waals surface area contributed by atoms with Crippen LogP contribution in [0.5, 0.6) is 0 Å². The highest BCUT2D eigenvalue weighted by Crippen LogP contribution is 2.28. The number of amides is 1. The molecule has 0 spiro atoms. The fraction of sp³-hybridized carbons (Fsp3) is 0.333. The normalized spacial score (nSPS) is 11.6. The maximum atomic E-state index is 11.0. The molecule has 0 aliphatic rings. The van der Waals surface area contributed by atoms with E-state index < -0.39 is 11.9 Å². The summed E-state index contributed by atoms with van der Waals surface area (Å²) in [7, 11) is 0. The minimum absolute atomic E-state index is 0.442. The predicted octanol–water partition coefficient (Wildman–Crippen LogP) is 1.96. The Bertz CT molecular complexity index is 454. The third-order valence-corrected chi connectivity index (χ3v) is 3.18. The van der Waals surface area contributed by atoms with E-state index in [9.17, 15) is 4.79 Å². The summed E-state index contributed by atoms with van der Waals surface area (Å²) in [6, 6.07) is 7.19. The SMILES string of the molecule is CCSc1cccc(NC(C)C(N)=O)c1C#N. The summed E-state index contributed by atoms with van der Waals surface area (Å²) < 4.78 is 0. The van der Waals surface area contributed by atoms with Crippen LogP contribution in [0.1, 0.15) is 19.4 Å². The van der Waals surface area contributed by atoms with E-state index >= 15 is 0 Å². The molecule has 1 aromatic rings. The Balaban J connectivity index is 3.04. The van der Waals surface area contributed by atoms with Crippen molar-refractivity contribution < 1.29 is 4.79 Å². The van der Waals surface area contributed by atoms with Crippen LogP contribution in [0.15, 0.2) is 23.1 Å². The summed E-state index contributed by atoms with van der Waals surface area (Å²) in [5.41, 5.74) is 6.40. The number of hydrogen-bond donors (Lipinski definition) is 2. The van der Waals surface area contributed by atoms with E-state index in [-0.39, 0.29) is 0 Å². The molecule has 0 radical (unpaired) electrons. The van der Waals surface area contributed by atoms with E-state index in [1.54, 1.807) is 24.8 Å². The number of nitrogens with zero attached hydrogens (tertiary/aromatic N) is 1. The maximum Gasteiger partial charge on any atom is 0.239 e. The second kappa shape index (κ2) is 6.16. The van der Waals surface area contributed by atoms with Gasteiger partial charge in [0.05, 0.1) is 11.3 Å². The number of anilines is 1. The summed E-state index contributed by atoms with van der Waals surface area (Å²) in [5.74, 6) is 0.450. The molecular formula is C12H15N3OS. The van der Waals surface area contributed by atoms with Gasteiger partial charge in [-0.2, -0.15) is 5.26 Å². The monoisotopic (exact) mass is 249 g/mol. The fourth-order valence-electron chi connectivity index (χ4n) is 1.35. The highest BCUT2D eigenvalue weighted by molar-refractivity contribution is 7.99. The number of benzene rings is 1. The van der Waals surface area contributed by atoms with E-state index in [1.165, 1.54) is 0 Å². The molecule has 3 N–H and O–H groups in total. The molecule has 4 nitrogen and oxygen atoms in total. The lowest BCUT2D eigenvalue weighted by Gasteiger charge is -2.14. The van der Waals surface area contributed by atoms with Crippen LogP contribution in [-0.2, 0) is 4.79 Å². The Morgan fingerprint density at radius 1 is 1.65 bits per heavy atom. The Morgan fingerprint density at radius 3 is 2.88 bits per heavy atom. The molecule has 0 saturated heterocycles. The summed E-state index contributed by atoms with van der Waals surface area (Å²) in [6.45, 7) is 3.70. The number of nitrogens with two attached hydrogens (primary N) is 1. The molecule has 0 fully saturated rings. The number of thioether (sulfide) groups is 1. The van der Waals surface area contributed by atoms with Gasteiger partial charge in [0.1, 0.15) is 12.1 Å². The van der Waals surface area contributed by atoms with Crippen molar-refractivity contribution >= 4 is 23.4 Å². The molecule has 1 unspecified atom stereocenters. The van der Waals surface area contributed by atoms with Crippen LogP contribution in [0.3, 0.4) is 0 Å². The van der Waals surface area contributed by atoms with Gasteiger partial charge in [0.25, 0.3) is 0 Å². The van der Waals surface area contributed by atoms with Crippen LogP contribution < -0.4 is 11.1 Å². The van der Waals surface area contributed by atoms with Gasteiger partial charge in [-0.1, -0.05) is 13.0 Å². The van der Waals surface area contributed by atoms with Crippen LogP contribution >= 0.6 is 11.8 Å². The van der Waals surface area contributed by atoms with Gasteiger partial charge in [-0.05, 0) is 24.8 Å². The standard InChI is InChI=1S/C12H15N3OS/c1-3-17-11-6-4-5-10(9(11)7-13)15-8(2)12(14)16/h4-6,8,15H,3H2,1-2H3,(H2,14,16). The minimum atomic E-state index is -0.496. The van der Waals surface area contributed by atoms with Crippen molar-refractivity contribution in [1.29, 1.82) is 5.26 Å². The lowest BCUT2D eigenvalue weighted by molar-refractivity contribution is -0.118. The summed E-state index contributed by atoms with van der Waals surface area (Å²) in [6.07, 6.45) is 0. The first kappa shape index (κ1) is 13.4. The second-order valence-electron chi connectivity index (χ2n) is 3.49. The zero-order valence-corrected chi connectivity index (χ0v) is 10.7. The number of carbonyl (C=O) groups excluding carboxylic acids is 1. The van der Waals surface area contributed by atoms with Crippen molar-refractivity contribution in [2.75, 3.05) is 11.1 Å². The molecule has 1 aromatic carbocycles. The summed E-state index contributed by atoms with van der Waals surface area (Å²) in [5, 5.41) is 12.1. The Hall–Kier alpha value is -1.67. The summed E-state index contributed by atoms with van der Waals surface area (Å²) in [4.78, 5) is 11.9. The van der Waals surface area contributed by atoms with Gasteiger partial charge >= 0.3 is 0 Å². The van der Waals surface area contributed by atoms with Gasteiger partial charge < -0.3 is 11.1 Å². The van der Waals surface area contributed by atoms with E-state index in [1.807, 2.05) is 19.1 Å². The summed E-state index contributed by atoms with van der Waals surface area (Å²) >= 11 is 1.60. The highest BCUT2D eigenvalue weighted by atomic mass is 32.2. The number of nitrogens with one attached hydrogen (secondary N) is 1. The van der Waals surface area contributed by atoms with E-state index in [4.69, 9.17) is 11.0 Å². The fourth-order valence-corrected chi connectivity index (χ4v) is 2.13. The highest BCUT2D eigenvalue weighted by Gasteiger charge is 2.13. The van der Waals surface area contributed by atoms with Crippen molar-refractivity contribution in [3.05, 3.63) is 23.8 Å². The largest absolute Gasteiger partial charge is 0.373 e. The molecule has 0 heterocycles. The molecule has 1 rings (SSSR count). The average molecular weight is 249 g/mol. The molecule has 90 valence electrons. The van der Waals surface area contributed by atoms with Crippen LogP contribution in [0.4, 0.5) is 5.69 Å². The second-order valence-corrected chi connectivity index (χ2v) is 4.80. The average Bonchev–Trinajstić information content (AvgIpc) is 2.29. The first-order chi connectivity index (χ1) is 8.10. The Morgan fingerprint density at radius 2 is 2.35 bits per heavy atom. The van der Waals surface area contributed by atoms with Crippen LogP contribution in [-0.4, -0.2) is 17.7 Å². The van der Waals surface area contributed by atoms with Crippen molar-refractivity contribution in [3.8, 4) is 6.07 Å². The molecular weight excluding hydrogens is 234 g/mol. The number of carbonyl (C=O) groups is 1. The first-order valence-corrected chi connectivity index (χ1v) is 6.30. The van der Waals surface area contributed by atoms with Gasteiger partial charge in [0, 0.05) is 4.90 Å². The van der Waals surface area contributed by atoms with Crippen LogP contribution in [0.25, 0.3) is 0 Å². The predicted molar refractivity (Wildman–Crippen MR) is 69.8 cm³/mol. The van der Waals surface area contributed by atoms with Gasteiger partial charge in [-0.15, -0.1) is 11.8 Å². The van der Waals surface area contributed by atoms with Crippen molar-refractivity contribution in [1.82, 2.24) is 0 Å². The number of primary amides is 1. The van der Waals surface area contributed by atoms with Gasteiger partial charge in [-0.25, -0.2) is 0 Å². The van der Waals surface area contributed by atoms with Crippen molar-refractivity contribution in [2.45, 2.75) is 24.8 Å². The Kier molecular flexibility index (Phi) is 4.85. The van der Waals surface area contributed by atoms with Crippen molar-refractivity contribution in [2.24, 2.45) is 5.73 Å². The molecule has 1 atom stereocenters. The number of nitriles is 1. The molecule has 0 aliphatic carbocycles. The quantitative estimate of drug-likeness (QED) is 0.782. The van der Waals surface area contributed by atoms with E-state index in [0.717, 1.165) is 10.6 Å². The minimum Gasteiger partial charge on any atom is -0.373 e. The van der Waals surface area contributed by atoms with Crippen molar-refractivity contribution in [3.63, 3.8) is 0 Å². The van der Waals surface area contributed by atoms with Crippen LogP contribution in [0, 0.1) is 11.3 Å². The van der Waals surface area contributed by atoms with Gasteiger partial charge in [0.2, 0.25) is 5.91 Å². The molecule has 5 heteroatoms. The maximum absolute atomic E-state index is 11.0. The van der Waals surface area contributed by atoms with E-state index in [0.29, 0.717) is 11.3 Å². The molecule has 0 aromatic heterocycles. The van der Waals surface area contributed by atoms with E-state index in [2.05, 4.69) is 11.4 Å². The third kappa shape index (κ3) is 3.40. The zero-order chi connectivity index (χ0) is 12.8. The zero-order valence-electron chi connectivity index (χ0n) is 9.86. The van der Waals surface area contributed by atoms with Gasteiger partial charge in [-0.3, -0.25) is 4.79 Å². The molecule has 0 saturated carbocycles. The Labute approximate surface area is 105 Å². The number of hydrogen-bond acceptors (Lipinski definition) is 4. The molecule has 1 amide bonds. The van der Waals surface area contributed by atoms with Gasteiger partial charge in [0.15, 0.2) is 0 Å². The smallest absolute Gasteiger partial charge is 0.239 e. The lowest BCUT2D eigenvalue weighted by Crippen LogP contribution is -2.32. The third-order valence-electron chi connectivity index (χ3n) is 2.24. The molecule has 0 aliphatic heterocycles. The lowest BCUT2D eigenvalue weighted by atomic mass is 10.1. The number of rotatable bonds is 5. The molecule has 0 bridgehead atoms. The molecule has 17 heavy (non-hydrogen) atoms.